The summed E-state index contributed by atoms with van der Waals surface area (Å²) in [7, 11) is 0. The second-order valence-corrected chi connectivity index (χ2v) is 5.66. The van der Waals surface area contributed by atoms with Gasteiger partial charge in [-0.25, -0.2) is 4.39 Å². The van der Waals surface area contributed by atoms with E-state index in [1.165, 1.54) is 12.1 Å². The molecule has 0 saturated heterocycles. The fraction of sp³-hybridized carbons (Fsp3) is 0. The first-order valence-corrected chi connectivity index (χ1v) is 6.95. The number of amides is 1. The van der Waals surface area contributed by atoms with Gasteiger partial charge >= 0.3 is 0 Å². The number of carbonyl (C=O) groups excluding carboxylic acids is 1. The van der Waals surface area contributed by atoms with Gasteiger partial charge < -0.3 is 5.32 Å². The summed E-state index contributed by atoms with van der Waals surface area (Å²) in [5, 5.41) is 2.74. The van der Waals surface area contributed by atoms with Crippen molar-refractivity contribution in [1.82, 2.24) is 0 Å². The molecule has 2 rings (SSSR count). The van der Waals surface area contributed by atoms with Crippen molar-refractivity contribution in [2.75, 3.05) is 5.32 Å². The van der Waals surface area contributed by atoms with Gasteiger partial charge in [-0.1, -0.05) is 15.9 Å². The molecule has 0 bridgehead atoms. The highest BCUT2D eigenvalue weighted by molar-refractivity contribution is 14.1. The zero-order valence-corrected chi connectivity index (χ0v) is 12.8. The van der Waals surface area contributed by atoms with Crippen molar-refractivity contribution >= 4 is 50.1 Å². The van der Waals surface area contributed by atoms with E-state index in [2.05, 4.69) is 21.2 Å². The van der Waals surface area contributed by atoms with E-state index >= 15 is 0 Å². The van der Waals surface area contributed by atoms with E-state index in [0.717, 1.165) is 4.47 Å². The summed E-state index contributed by atoms with van der Waals surface area (Å²) >= 11 is 5.29. The Balaban J connectivity index is 2.18. The van der Waals surface area contributed by atoms with Gasteiger partial charge in [0.25, 0.3) is 5.91 Å². The van der Waals surface area contributed by atoms with Gasteiger partial charge in [0.2, 0.25) is 0 Å². The minimum absolute atomic E-state index is 0.216. The molecule has 0 radical (unpaired) electrons. The van der Waals surface area contributed by atoms with Crippen LogP contribution in [0, 0.1) is 9.39 Å². The molecule has 0 heterocycles. The predicted octanol–water partition coefficient (Wildman–Crippen LogP) is 4.45. The van der Waals surface area contributed by atoms with Crippen LogP contribution >= 0.6 is 38.5 Å². The molecule has 0 aromatic heterocycles. The van der Waals surface area contributed by atoms with Crippen LogP contribution in [-0.4, -0.2) is 5.91 Å². The van der Waals surface area contributed by atoms with Gasteiger partial charge in [0, 0.05) is 13.6 Å². The molecule has 2 nitrogen and oxygen atoms in total. The number of benzene rings is 2. The van der Waals surface area contributed by atoms with Crippen molar-refractivity contribution in [3.63, 3.8) is 0 Å². The Labute approximate surface area is 126 Å². The maximum Gasteiger partial charge on any atom is 0.255 e. The maximum atomic E-state index is 12.9. The minimum atomic E-state index is -0.318. The van der Waals surface area contributed by atoms with Crippen LogP contribution in [0.25, 0.3) is 0 Å². The Morgan fingerprint density at radius 2 is 1.83 bits per heavy atom. The Morgan fingerprint density at radius 1 is 1.17 bits per heavy atom. The molecule has 0 unspecified atom stereocenters. The van der Waals surface area contributed by atoms with Gasteiger partial charge in [0.15, 0.2) is 0 Å². The van der Waals surface area contributed by atoms with Crippen LogP contribution in [0.1, 0.15) is 10.4 Å². The van der Waals surface area contributed by atoms with Gasteiger partial charge in [-0.3, -0.25) is 4.79 Å². The standard InChI is InChI=1S/C13H8BrFINO/c14-9-3-1-8(2-4-9)13(18)17-12-6-5-10(15)7-11(12)16/h1-7H,(H,17,18). The molecule has 2 aromatic rings. The molecule has 5 heteroatoms. The molecule has 0 saturated carbocycles. The molecule has 2 aromatic carbocycles. The molecule has 0 atom stereocenters. The minimum Gasteiger partial charge on any atom is -0.321 e. The molecule has 1 N–H and O–H groups in total. The number of carbonyl (C=O) groups is 1. The molecule has 0 spiro atoms. The zero-order chi connectivity index (χ0) is 13.1. The fourth-order valence-electron chi connectivity index (χ4n) is 1.39. The van der Waals surface area contributed by atoms with Crippen LogP contribution in [0.15, 0.2) is 46.9 Å². The first-order chi connectivity index (χ1) is 8.56. The van der Waals surface area contributed by atoms with E-state index in [1.807, 2.05) is 22.6 Å². The maximum absolute atomic E-state index is 12.9. The quantitative estimate of drug-likeness (QED) is 0.716. The summed E-state index contributed by atoms with van der Waals surface area (Å²) in [5.41, 5.74) is 1.16. The van der Waals surface area contributed by atoms with E-state index in [-0.39, 0.29) is 11.7 Å². The van der Waals surface area contributed by atoms with E-state index in [1.54, 1.807) is 30.3 Å². The van der Waals surface area contributed by atoms with Gasteiger partial charge in [0.05, 0.1) is 5.69 Å². The van der Waals surface area contributed by atoms with Crippen LogP contribution in [0.2, 0.25) is 0 Å². The third-order valence-electron chi connectivity index (χ3n) is 2.29. The molecule has 18 heavy (non-hydrogen) atoms. The summed E-state index contributed by atoms with van der Waals surface area (Å²) in [5.74, 6) is -0.534. The van der Waals surface area contributed by atoms with Crippen molar-refractivity contribution in [3.8, 4) is 0 Å². The Morgan fingerprint density at radius 3 is 2.44 bits per heavy atom. The lowest BCUT2D eigenvalue weighted by molar-refractivity contribution is 0.102. The van der Waals surface area contributed by atoms with Gasteiger partial charge in [-0.05, 0) is 65.1 Å². The number of hydrogen-bond acceptors (Lipinski definition) is 1. The highest BCUT2D eigenvalue weighted by Gasteiger charge is 2.08. The van der Waals surface area contributed by atoms with Crippen LogP contribution in [0.3, 0.4) is 0 Å². The molecule has 1 amide bonds. The third-order valence-corrected chi connectivity index (χ3v) is 3.71. The smallest absolute Gasteiger partial charge is 0.255 e. The SMILES string of the molecule is O=C(Nc1ccc(F)cc1I)c1ccc(Br)cc1. The third kappa shape index (κ3) is 3.29. The molecular weight excluding hydrogens is 412 g/mol. The Hall–Kier alpha value is -0.950. The first-order valence-electron chi connectivity index (χ1n) is 5.08. The lowest BCUT2D eigenvalue weighted by atomic mass is 10.2. The van der Waals surface area contributed by atoms with Crippen LogP contribution in [0.4, 0.5) is 10.1 Å². The normalized spacial score (nSPS) is 10.2. The van der Waals surface area contributed by atoms with Gasteiger partial charge in [-0.15, -0.1) is 0 Å². The Kier molecular flexibility index (Phi) is 4.34. The average Bonchev–Trinajstić information content (AvgIpc) is 2.33. The number of anilines is 1. The van der Waals surface area contributed by atoms with E-state index < -0.39 is 0 Å². The zero-order valence-electron chi connectivity index (χ0n) is 9.08. The summed E-state index contributed by atoms with van der Waals surface area (Å²) in [6.07, 6.45) is 0. The summed E-state index contributed by atoms with van der Waals surface area (Å²) < 4.78 is 14.5. The Bertz CT molecular complexity index is 586. The van der Waals surface area contributed by atoms with E-state index in [4.69, 9.17) is 0 Å². The molecule has 0 aliphatic carbocycles. The van der Waals surface area contributed by atoms with Gasteiger partial charge in [-0.2, -0.15) is 0 Å². The van der Waals surface area contributed by atoms with Crippen LogP contribution in [0.5, 0.6) is 0 Å². The van der Waals surface area contributed by atoms with Gasteiger partial charge in [0.1, 0.15) is 5.82 Å². The second kappa shape index (κ2) is 5.79. The number of hydrogen-bond donors (Lipinski definition) is 1. The average molecular weight is 420 g/mol. The second-order valence-electron chi connectivity index (χ2n) is 3.59. The molecular formula is C13H8BrFINO. The number of halogens is 3. The molecule has 0 fully saturated rings. The largest absolute Gasteiger partial charge is 0.321 e. The van der Waals surface area contributed by atoms with E-state index in [9.17, 15) is 9.18 Å². The highest BCUT2D eigenvalue weighted by atomic mass is 127. The topological polar surface area (TPSA) is 29.1 Å². The van der Waals surface area contributed by atoms with Crippen molar-refractivity contribution < 1.29 is 9.18 Å². The summed E-state index contributed by atoms with van der Waals surface area (Å²) in [4.78, 5) is 11.9. The molecule has 0 aliphatic heterocycles. The first kappa shape index (κ1) is 13.5. The fourth-order valence-corrected chi connectivity index (χ4v) is 2.26. The molecule has 92 valence electrons. The lowest BCUT2D eigenvalue weighted by Crippen LogP contribution is -2.12. The van der Waals surface area contributed by atoms with Crippen molar-refractivity contribution in [2.45, 2.75) is 0 Å². The summed E-state index contributed by atoms with van der Waals surface area (Å²) in [6, 6.07) is 11.3. The van der Waals surface area contributed by atoms with Crippen molar-refractivity contribution in [1.29, 1.82) is 0 Å². The number of rotatable bonds is 2. The highest BCUT2D eigenvalue weighted by Crippen LogP contribution is 2.20. The van der Waals surface area contributed by atoms with E-state index in [0.29, 0.717) is 14.8 Å². The van der Waals surface area contributed by atoms with Crippen molar-refractivity contribution in [3.05, 3.63) is 61.9 Å². The molecule has 0 aliphatic rings. The lowest BCUT2D eigenvalue weighted by Gasteiger charge is -2.07. The van der Waals surface area contributed by atoms with Crippen molar-refractivity contribution in [2.24, 2.45) is 0 Å². The summed E-state index contributed by atoms with van der Waals surface area (Å²) in [6.45, 7) is 0. The number of nitrogens with one attached hydrogen (secondary N) is 1. The van der Waals surface area contributed by atoms with Crippen LogP contribution in [-0.2, 0) is 0 Å². The monoisotopic (exact) mass is 419 g/mol. The predicted molar refractivity (Wildman–Crippen MR) is 81.2 cm³/mol. The van der Waals surface area contributed by atoms with Crippen LogP contribution < -0.4 is 5.32 Å².